The molecule has 0 saturated carbocycles. The molecule has 0 radical (unpaired) electrons. The minimum absolute atomic E-state index is 0.0734. The number of aliphatic hydroxyl groups is 1. The van der Waals surface area contributed by atoms with Gasteiger partial charge >= 0.3 is 0 Å². The lowest BCUT2D eigenvalue weighted by Gasteiger charge is -2.17. The van der Waals surface area contributed by atoms with E-state index in [9.17, 15) is 9.90 Å². The fourth-order valence-electron chi connectivity index (χ4n) is 1.65. The fourth-order valence-corrected chi connectivity index (χ4v) is 1.65. The summed E-state index contributed by atoms with van der Waals surface area (Å²) < 4.78 is 0. The van der Waals surface area contributed by atoms with Gasteiger partial charge in [-0.05, 0) is 34.2 Å². The number of carbonyl (C=O) groups excluding carboxylic acids is 1. The fraction of sp³-hybridized carbons (Fsp3) is 0.667. The van der Waals surface area contributed by atoms with Crippen LogP contribution in [0.25, 0.3) is 0 Å². The number of hydrogen-bond donors (Lipinski definition) is 3. The van der Waals surface area contributed by atoms with Crippen molar-refractivity contribution in [2.45, 2.75) is 33.3 Å². The van der Waals surface area contributed by atoms with Crippen LogP contribution in [-0.2, 0) is 4.79 Å². The molecule has 1 aromatic rings. The highest BCUT2D eigenvalue weighted by Crippen LogP contribution is 2.15. The standard InChI is InChI=1S/C12H22N4O2/c1-8(17)5-6-16(4)7-11(18)13-12-9(2)14-15-10(12)3/h8,17H,5-7H2,1-4H3,(H,13,18)(H,14,15). The third-order valence-corrected chi connectivity index (χ3v) is 2.73. The van der Waals surface area contributed by atoms with Gasteiger partial charge in [-0.25, -0.2) is 0 Å². The minimum Gasteiger partial charge on any atom is -0.393 e. The molecule has 0 fully saturated rings. The molecular formula is C12H22N4O2. The van der Waals surface area contributed by atoms with E-state index in [0.717, 1.165) is 17.1 Å². The smallest absolute Gasteiger partial charge is 0.238 e. The first-order valence-electron chi connectivity index (χ1n) is 6.08. The normalized spacial score (nSPS) is 12.8. The third-order valence-electron chi connectivity index (χ3n) is 2.73. The SMILES string of the molecule is Cc1n[nH]c(C)c1NC(=O)CN(C)CCC(C)O. The number of aromatic nitrogens is 2. The summed E-state index contributed by atoms with van der Waals surface area (Å²) in [6.45, 7) is 6.44. The number of anilines is 1. The quantitative estimate of drug-likeness (QED) is 0.697. The summed E-state index contributed by atoms with van der Waals surface area (Å²) in [6.07, 6.45) is 0.321. The van der Waals surface area contributed by atoms with Crippen LogP contribution in [0.2, 0.25) is 0 Å². The van der Waals surface area contributed by atoms with Crippen molar-refractivity contribution < 1.29 is 9.90 Å². The molecular weight excluding hydrogens is 232 g/mol. The van der Waals surface area contributed by atoms with Gasteiger partial charge in [0, 0.05) is 6.54 Å². The Morgan fingerprint density at radius 1 is 1.56 bits per heavy atom. The molecule has 0 aliphatic heterocycles. The Balaban J connectivity index is 2.42. The monoisotopic (exact) mass is 254 g/mol. The van der Waals surface area contributed by atoms with Crippen molar-refractivity contribution in [1.82, 2.24) is 15.1 Å². The number of aliphatic hydroxyl groups excluding tert-OH is 1. The molecule has 0 spiro atoms. The van der Waals surface area contributed by atoms with Crippen molar-refractivity contribution in [1.29, 1.82) is 0 Å². The van der Waals surface area contributed by atoms with Gasteiger partial charge in [-0.1, -0.05) is 0 Å². The van der Waals surface area contributed by atoms with Crippen molar-refractivity contribution in [3.05, 3.63) is 11.4 Å². The van der Waals surface area contributed by atoms with Crippen LogP contribution >= 0.6 is 0 Å². The maximum absolute atomic E-state index is 11.8. The first-order chi connectivity index (χ1) is 8.40. The van der Waals surface area contributed by atoms with Gasteiger partial charge in [0.15, 0.2) is 0 Å². The molecule has 6 nitrogen and oxygen atoms in total. The van der Waals surface area contributed by atoms with Crippen LogP contribution in [0.1, 0.15) is 24.7 Å². The lowest BCUT2D eigenvalue weighted by molar-refractivity contribution is -0.117. The average Bonchev–Trinajstić information content (AvgIpc) is 2.58. The van der Waals surface area contributed by atoms with E-state index < -0.39 is 0 Å². The second-order valence-corrected chi connectivity index (χ2v) is 4.73. The molecule has 1 heterocycles. The van der Waals surface area contributed by atoms with Gasteiger partial charge in [0.2, 0.25) is 5.91 Å². The van der Waals surface area contributed by atoms with Crippen LogP contribution in [0, 0.1) is 13.8 Å². The zero-order valence-electron chi connectivity index (χ0n) is 11.4. The van der Waals surface area contributed by atoms with Gasteiger partial charge in [0.1, 0.15) is 0 Å². The molecule has 0 saturated heterocycles. The summed E-state index contributed by atoms with van der Waals surface area (Å²) in [5.74, 6) is -0.0734. The van der Waals surface area contributed by atoms with E-state index in [2.05, 4.69) is 15.5 Å². The molecule has 1 amide bonds. The molecule has 1 rings (SSSR count). The summed E-state index contributed by atoms with van der Waals surface area (Å²) in [5, 5.41) is 18.9. The second kappa shape index (κ2) is 6.51. The highest BCUT2D eigenvalue weighted by Gasteiger charge is 2.12. The van der Waals surface area contributed by atoms with Crippen LogP contribution in [0.5, 0.6) is 0 Å². The van der Waals surface area contributed by atoms with Crippen LogP contribution in [-0.4, -0.2) is 52.4 Å². The number of rotatable bonds is 6. The number of aromatic amines is 1. The maximum Gasteiger partial charge on any atom is 0.238 e. The Bertz CT molecular complexity index is 381. The Hall–Kier alpha value is -1.40. The number of carbonyl (C=O) groups is 1. The van der Waals surface area contributed by atoms with Crippen molar-refractivity contribution in [2.24, 2.45) is 0 Å². The Labute approximate surface area is 107 Å². The van der Waals surface area contributed by atoms with E-state index in [-0.39, 0.29) is 12.0 Å². The Morgan fingerprint density at radius 3 is 2.72 bits per heavy atom. The maximum atomic E-state index is 11.8. The predicted octanol–water partition coefficient (Wildman–Crippen LogP) is 0.668. The number of aryl methyl sites for hydroxylation is 2. The highest BCUT2D eigenvalue weighted by atomic mass is 16.3. The molecule has 0 aromatic carbocycles. The van der Waals surface area contributed by atoms with Gasteiger partial charge in [-0.2, -0.15) is 5.10 Å². The number of amides is 1. The summed E-state index contributed by atoms with van der Waals surface area (Å²) in [6, 6.07) is 0. The Kier molecular flexibility index (Phi) is 5.30. The average molecular weight is 254 g/mol. The van der Waals surface area contributed by atoms with E-state index in [0.29, 0.717) is 19.5 Å². The molecule has 1 unspecified atom stereocenters. The predicted molar refractivity (Wildman–Crippen MR) is 70.5 cm³/mol. The summed E-state index contributed by atoms with van der Waals surface area (Å²) in [4.78, 5) is 13.7. The molecule has 1 aromatic heterocycles. The highest BCUT2D eigenvalue weighted by molar-refractivity contribution is 5.93. The zero-order chi connectivity index (χ0) is 13.7. The molecule has 6 heteroatoms. The first kappa shape index (κ1) is 14.7. The van der Waals surface area contributed by atoms with Gasteiger partial charge in [-0.15, -0.1) is 0 Å². The van der Waals surface area contributed by atoms with Gasteiger partial charge in [0.05, 0.1) is 29.7 Å². The van der Waals surface area contributed by atoms with Crippen molar-refractivity contribution >= 4 is 11.6 Å². The summed E-state index contributed by atoms with van der Waals surface area (Å²) >= 11 is 0. The van der Waals surface area contributed by atoms with Crippen LogP contribution < -0.4 is 5.32 Å². The van der Waals surface area contributed by atoms with E-state index in [1.165, 1.54) is 0 Å². The van der Waals surface area contributed by atoms with Gasteiger partial charge in [0.25, 0.3) is 0 Å². The number of nitrogens with one attached hydrogen (secondary N) is 2. The van der Waals surface area contributed by atoms with E-state index in [1.807, 2.05) is 25.8 Å². The van der Waals surface area contributed by atoms with Gasteiger partial charge in [-0.3, -0.25) is 14.8 Å². The van der Waals surface area contributed by atoms with E-state index in [4.69, 9.17) is 0 Å². The van der Waals surface area contributed by atoms with E-state index >= 15 is 0 Å². The van der Waals surface area contributed by atoms with Gasteiger partial charge < -0.3 is 10.4 Å². The number of nitrogens with zero attached hydrogens (tertiary/aromatic N) is 2. The first-order valence-corrected chi connectivity index (χ1v) is 6.08. The van der Waals surface area contributed by atoms with Crippen LogP contribution in [0.3, 0.4) is 0 Å². The zero-order valence-corrected chi connectivity index (χ0v) is 11.4. The minimum atomic E-state index is -0.339. The second-order valence-electron chi connectivity index (χ2n) is 4.73. The molecule has 102 valence electrons. The lowest BCUT2D eigenvalue weighted by atomic mass is 10.2. The number of hydrogen-bond acceptors (Lipinski definition) is 4. The molecule has 3 N–H and O–H groups in total. The van der Waals surface area contributed by atoms with Crippen LogP contribution in [0.15, 0.2) is 0 Å². The number of likely N-dealkylation sites (N-methyl/N-ethyl adjacent to an activating group) is 1. The van der Waals surface area contributed by atoms with Crippen molar-refractivity contribution in [3.8, 4) is 0 Å². The third kappa shape index (κ3) is 4.46. The molecule has 0 bridgehead atoms. The lowest BCUT2D eigenvalue weighted by Crippen LogP contribution is -2.32. The van der Waals surface area contributed by atoms with Crippen LogP contribution in [0.4, 0.5) is 5.69 Å². The van der Waals surface area contributed by atoms with Crippen molar-refractivity contribution in [3.63, 3.8) is 0 Å². The van der Waals surface area contributed by atoms with E-state index in [1.54, 1.807) is 6.92 Å². The van der Waals surface area contributed by atoms with Crippen molar-refractivity contribution in [2.75, 3.05) is 25.5 Å². The summed E-state index contributed by atoms with van der Waals surface area (Å²) in [7, 11) is 1.86. The molecule has 0 aliphatic carbocycles. The largest absolute Gasteiger partial charge is 0.393 e. The topological polar surface area (TPSA) is 81.2 Å². The summed E-state index contributed by atoms with van der Waals surface area (Å²) in [5.41, 5.74) is 2.39. The molecule has 1 atom stereocenters. The molecule has 0 aliphatic rings. The molecule has 18 heavy (non-hydrogen) atoms. The number of H-pyrrole nitrogens is 1. The Morgan fingerprint density at radius 2 is 2.22 bits per heavy atom.